The average molecular weight is 623 g/mol. The van der Waals surface area contributed by atoms with E-state index < -0.39 is 60.1 Å². The van der Waals surface area contributed by atoms with E-state index in [-0.39, 0.29) is 50.2 Å². The summed E-state index contributed by atoms with van der Waals surface area (Å²) in [5, 5.41) is 13.6. The number of hydrogen-bond acceptors (Lipinski definition) is 5. The third-order valence-corrected chi connectivity index (χ3v) is 8.48. The van der Waals surface area contributed by atoms with Crippen molar-refractivity contribution in [2.75, 3.05) is 37.0 Å². The predicted molar refractivity (Wildman–Crippen MR) is 142 cm³/mol. The van der Waals surface area contributed by atoms with Gasteiger partial charge in [-0.2, -0.15) is 0 Å². The molecule has 2 saturated heterocycles. The molecule has 3 heterocycles. The van der Waals surface area contributed by atoms with E-state index in [0.29, 0.717) is 0 Å². The summed E-state index contributed by atoms with van der Waals surface area (Å²) in [7, 11) is 1.41. The summed E-state index contributed by atoms with van der Waals surface area (Å²) in [4.78, 5) is 43.3. The molecule has 39 heavy (non-hydrogen) atoms. The number of alkyl halides is 2. The summed E-state index contributed by atoms with van der Waals surface area (Å²) in [5.41, 5.74) is -1.85. The van der Waals surface area contributed by atoms with E-state index in [4.69, 9.17) is 51.1 Å². The fourth-order valence-corrected chi connectivity index (χ4v) is 7.26. The van der Waals surface area contributed by atoms with Gasteiger partial charge in [-0.3, -0.25) is 19.3 Å². The van der Waals surface area contributed by atoms with E-state index in [1.807, 2.05) is 0 Å². The van der Waals surface area contributed by atoms with Gasteiger partial charge in [-0.15, -0.1) is 0 Å². The van der Waals surface area contributed by atoms with Crippen LogP contribution in [0.25, 0.3) is 0 Å². The van der Waals surface area contributed by atoms with E-state index in [0.717, 1.165) is 4.90 Å². The summed E-state index contributed by atoms with van der Waals surface area (Å²) in [5.74, 6) is -9.82. The zero-order valence-corrected chi connectivity index (χ0v) is 23.2. The SMILES string of the molecule is COCCN(C(=O)[C@H]1[C@H]2CC(F)(F)CN2[C@]2(C(=O)Nc3c(Cl)cc(Cl)cc32)[C@H]1C(=O)O)c1cc(Cl)cc(Cl)c1. The molecule has 0 unspecified atom stereocenters. The van der Waals surface area contributed by atoms with Gasteiger partial charge in [0.2, 0.25) is 5.91 Å². The van der Waals surface area contributed by atoms with Gasteiger partial charge in [0.05, 0.1) is 29.8 Å². The molecule has 3 aliphatic heterocycles. The molecule has 2 N–H and O–H groups in total. The normalized spacial score (nSPS) is 26.9. The van der Waals surface area contributed by atoms with Crippen LogP contribution in [0.5, 0.6) is 0 Å². The number of fused-ring (bicyclic) bond motifs is 4. The Morgan fingerprint density at radius 1 is 1.13 bits per heavy atom. The molecule has 3 aliphatic rings. The van der Waals surface area contributed by atoms with E-state index in [1.54, 1.807) is 0 Å². The Bertz CT molecular complexity index is 1380. The maximum atomic E-state index is 15.0. The second kappa shape index (κ2) is 10.0. The number of carbonyl (C=O) groups excluding carboxylic acids is 2. The van der Waals surface area contributed by atoms with Gasteiger partial charge >= 0.3 is 5.97 Å². The summed E-state index contributed by atoms with van der Waals surface area (Å²) in [6.45, 7) is -0.973. The number of carbonyl (C=O) groups is 3. The van der Waals surface area contributed by atoms with Gasteiger partial charge in [0.15, 0.2) is 0 Å². The highest BCUT2D eigenvalue weighted by Gasteiger charge is 2.74. The van der Waals surface area contributed by atoms with Gasteiger partial charge < -0.3 is 20.1 Å². The molecule has 2 amide bonds. The lowest BCUT2D eigenvalue weighted by Crippen LogP contribution is -2.54. The van der Waals surface area contributed by atoms with Crippen LogP contribution in [0.2, 0.25) is 20.1 Å². The number of hydrogen-bond donors (Lipinski definition) is 2. The Labute approximate surface area is 241 Å². The van der Waals surface area contributed by atoms with E-state index >= 15 is 8.78 Å². The number of anilines is 2. The lowest BCUT2D eigenvalue weighted by molar-refractivity contribution is -0.153. The van der Waals surface area contributed by atoms with Crippen LogP contribution in [-0.2, 0) is 24.7 Å². The van der Waals surface area contributed by atoms with Crippen molar-refractivity contribution in [3.63, 3.8) is 0 Å². The lowest BCUT2D eigenvalue weighted by Gasteiger charge is -2.36. The molecule has 0 bridgehead atoms. The molecular weight excluding hydrogens is 602 g/mol. The molecule has 4 atom stereocenters. The molecule has 0 radical (unpaired) electrons. The molecule has 2 fully saturated rings. The minimum Gasteiger partial charge on any atom is -0.481 e. The van der Waals surface area contributed by atoms with Crippen LogP contribution in [0.4, 0.5) is 20.2 Å². The summed E-state index contributed by atoms with van der Waals surface area (Å²) in [6.07, 6.45) is -0.833. The number of ether oxygens (including phenoxy) is 1. The number of carboxylic acids is 1. The Balaban J connectivity index is 1.72. The highest BCUT2D eigenvalue weighted by molar-refractivity contribution is 6.38. The lowest BCUT2D eigenvalue weighted by atomic mass is 9.73. The van der Waals surface area contributed by atoms with E-state index in [1.165, 1.54) is 42.3 Å². The minimum absolute atomic E-state index is 0.0134. The van der Waals surface area contributed by atoms with Crippen LogP contribution in [-0.4, -0.2) is 66.6 Å². The molecule has 208 valence electrons. The third kappa shape index (κ3) is 4.45. The molecule has 5 rings (SSSR count). The fraction of sp³-hybridized carbons (Fsp3) is 0.400. The van der Waals surface area contributed by atoms with Crippen LogP contribution in [0.3, 0.4) is 0 Å². The summed E-state index contributed by atoms with van der Waals surface area (Å²) >= 11 is 24.9. The number of carboxylic acid groups (broad SMARTS) is 1. The minimum atomic E-state index is -3.30. The van der Waals surface area contributed by atoms with Crippen LogP contribution < -0.4 is 10.2 Å². The number of nitrogens with one attached hydrogen (secondary N) is 1. The number of aliphatic carboxylic acids is 1. The third-order valence-electron chi connectivity index (χ3n) is 7.53. The van der Waals surface area contributed by atoms with Crippen molar-refractivity contribution in [3.8, 4) is 0 Å². The maximum Gasteiger partial charge on any atom is 0.310 e. The predicted octanol–water partition coefficient (Wildman–Crippen LogP) is 5.17. The highest BCUT2D eigenvalue weighted by Crippen LogP contribution is 2.61. The van der Waals surface area contributed by atoms with Gasteiger partial charge in [0.25, 0.3) is 11.8 Å². The van der Waals surface area contributed by atoms with Gasteiger partial charge in [-0.25, -0.2) is 8.78 Å². The zero-order valence-electron chi connectivity index (χ0n) is 20.2. The van der Waals surface area contributed by atoms with Crippen molar-refractivity contribution >= 4 is 75.6 Å². The largest absolute Gasteiger partial charge is 0.481 e. The van der Waals surface area contributed by atoms with Crippen molar-refractivity contribution in [1.82, 2.24) is 4.90 Å². The Hall–Kier alpha value is -2.21. The summed E-state index contributed by atoms with van der Waals surface area (Å²) in [6, 6.07) is 5.71. The fourth-order valence-electron chi connectivity index (χ4n) is 6.20. The van der Waals surface area contributed by atoms with Gasteiger partial charge in [-0.1, -0.05) is 46.4 Å². The van der Waals surface area contributed by atoms with Gasteiger partial charge in [0, 0.05) is 52.4 Å². The van der Waals surface area contributed by atoms with Gasteiger partial charge in [0.1, 0.15) is 11.5 Å². The molecule has 2 aromatic carbocycles. The van der Waals surface area contributed by atoms with Crippen molar-refractivity contribution < 1.29 is 33.0 Å². The smallest absolute Gasteiger partial charge is 0.310 e. The first-order chi connectivity index (χ1) is 18.3. The van der Waals surface area contributed by atoms with Crippen LogP contribution in [0.15, 0.2) is 30.3 Å². The van der Waals surface area contributed by atoms with Crippen molar-refractivity contribution in [1.29, 1.82) is 0 Å². The van der Waals surface area contributed by atoms with Crippen LogP contribution in [0, 0.1) is 11.8 Å². The molecule has 1 spiro atoms. The van der Waals surface area contributed by atoms with Gasteiger partial charge in [-0.05, 0) is 30.3 Å². The van der Waals surface area contributed by atoms with E-state index in [9.17, 15) is 19.5 Å². The first kappa shape index (κ1) is 28.3. The molecule has 0 aliphatic carbocycles. The molecule has 14 heteroatoms. The molecule has 0 aromatic heterocycles. The number of nitrogens with zero attached hydrogens (tertiary/aromatic N) is 2. The number of benzene rings is 2. The number of halogens is 6. The van der Waals surface area contributed by atoms with Crippen LogP contribution >= 0.6 is 46.4 Å². The molecular formula is C25H21Cl4F2N3O5. The Morgan fingerprint density at radius 2 is 1.77 bits per heavy atom. The average Bonchev–Trinajstić information content (AvgIpc) is 3.39. The topological polar surface area (TPSA) is 99.2 Å². The highest BCUT2D eigenvalue weighted by atomic mass is 35.5. The zero-order chi connectivity index (χ0) is 28.4. The van der Waals surface area contributed by atoms with Crippen molar-refractivity contribution in [2.45, 2.75) is 23.9 Å². The first-order valence-electron chi connectivity index (χ1n) is 11.8. The molecule has 8 nitrogen and oxygen atoms in total. The van der Waals surface area contributed by atoms with E-state index in [2.05, 4.69) is 5.32 Å². The van der Waals surface area contributed by atoms with Crippen molar-refractivity contribution in [3.05, 3.63) is 56.0 Å². The Kier molecular flexibility index (Phi) is 7.27. The van der Waals surface area contributed by atoms with Crippen molar-refractivity contribution in [2.24, 2.45) is 11.8 Å². The second-order valence-electron chi connectivity index (χ2n) is 9.74. The molecule has 0 saturated carbocycles. The maximum absolute atomic E-state index is 15.0. The number of amides is 2. The summed E-state index contributed by atoms with van der Waals surface area (Å²) < 4.78 is 35.2. The number of rotatable bonds is 6. The number of methoxy groups -OCH3 is 1. The Morgan fingerprint density at radius 3 is 2.38 bits per heavy atom. The second-order valence-corrected chi connectivity index (χ2v) is 11.5. The van der Waals surface area contributed by atoms with Crippen LogP contribution in [0.1, 0.15) is 12.0 Å². The first-order valence-corrected chi connectivity index (χ1v) is 13.3. The quantitative estimate of drug-likeness (QED) is 0.461. The standard InChI is InChI=1S/C25H21Cl4F2N3O5/c1-39-3-2-33(14-5-11(26)4-12(27)6-14)21(35)18-17-9-24(30,31)10-34(17)25(19(18)22(36)37)15-7-13(28)8-16(29)20(15)32-23(25)38/h4-8,17-19H,2-3,9-10H2,1H3,(H,32,38)(H,36,37)/t17-,18+,19-,25+/m1/s1. The molecule has 2 aromatic rings. The monoisotopic (exact) mass is 621 g/mol.